The number of esters is 1. The van der Waals surface area contributed by atoms with Gasteiger partial charge in [-0.1, -0.05) is 33.8 Å². The van der Waals surface area contributed by atoms with Crippen molar-refractivity contribution in [2.75, 3.05) is 85.6 Å². The Hall–Kier alpha value is -5.37. The third-order valence-electron chi connectivity index (χ3n) is 15.0. The molecule has 4 amide bonds. The van der Waals surface area contributed by atoms with Gasteiger partial charge < -0.3 is 43.6 Å². The van der Waals surface area contributed by atoms with Crippen molar-refractivity contribution in [3.63, 3.8) is 0 Å². The molecular formula is C51H71BFN9O8. The van der Waals surface area contributed by atoms with Gasteiger partial charge in [-0.25, -0.2) is 9.82 Å². The number of nitrogens with one attached hydrogen (secondary N) is 2. The Bertz CT molecular complexity index is 2490. The summed E-state index contributed by atoms with van der Waals surface area (Å²) in [6.45, 7) is 11.8. The lowest BCUT2D eigenvalue weighted by Crippen LogP contribution is -2.64. The summed E-state index contributed by atoms with van der Waals surface area (Å²) in [6, 6.07) is 8.56. The van der Waals surface area contributed by atoms with E-state index in [1.807, 2.05) is 25.1 Å². The Labute approximate surface area is 411 Å². The molecule has 2 aromatic heterocycles. The zero-order chi connectivity index (χ0) is 50.2. The fourth-order valence-electron chi connectivity index (χ4n) is 11.4. The maximum absolute atomic E-state index is 16.7. The van der Waals surface area contributed by atoms with Crippen LogP contribution in [0.5, 0.6) is 0 Å². The number of benzene rings is 1. The fourth-order valence-corrected chi connectivity index (χ4v) is 11.4. The van der Waals surface area contributed by atoms with Crippen molar-refractivity contribution in [3.8, 4) is 11.3 Å². The highest BCUT2D eigenvalue weighted by Crippen LogP contribution is 2.57. The molecular weight excluding hydrogens is 896 g/mol. The maximum atomic E-state index is 16.7. The summed E-state index contributed by atoms with van der Waals surface area (Å²) in [4.78, 5) is 82.2. The van der Waals surface area contributed by atoms with Crippen molar-refractivity contribution in [2.24, 2.45) is 11.3 Å². The summed E-state index contributed by atoms with van der Waals surface area (Å²) in [7, 11) is 6.90. The van der Waals surface area contributed by atoms with E-state index in [4.69, 9.17) is 19.2 Å². The number of halogens is 1. The third-order valence-corrected chi connectivity index (χ3v) is 15.0. The van der Waals surface area contributed by atoms with Crippen LogP contribution in [0.3, 0.4) is 0 Å². The second-order valence-corrected chi connectivity index (χ2v) is 21.0. The van der Waals surface area contributed by atoms with Gasteiger partial charge in [0.05, 0.1) is 30.7 Å². The predicted molar refractivity (Wildman–Crippen MR) is 266 cm³/mol. The first-order chi connectivity index (χ1) is 33.4. The number of fused-ring (bicyclic) bond motifs is 8. The van der Waals surface area contributed by atoms with Crippen molar-refractivity contribution in [1.29, 1.82) is 0 Å². The number of hydrogen-bond donors (Lipinski definition) is 2. The average molecular weight is 968 g/mol. The van der Waals surface area contributed by atoms with E-state index >= 15 is 4.39 Å². The zero-order valence-electron chi connectivity index (χ0n) is 42.3. The van der Waals surface area contributed by atoms with Crippen LogP contribution in [0.2, 0.25) is 6.32 Å². The number of carbonyl (C=O) groups excluding carboxylic acids is 5. The Balaban J connectivity index is 1.10. The van der Waals surface area contributed by atoms with E-state index in [1.54, 1.807) is 33.2 Å². The highest BCUT2D eigenvalue weighted by Gasteiger charge is 2.50. The van der Waals surface area contributed by atoms with Crippen LogP contribution >= 0.6 is 0 Å². The van der Waals surface area contributed by atoms with Gasteiger partial charge in [0.15, 0.2) is 5.67 Å². The molecule has 3 fully saturated rings. The molecule has 6 bridgehead atoms. The molecule has 0 radical (unpaired) electrons. The van der Waals surface area contributed by atoms with Crippen molar-refractivity contribution < 1.29 is 42.6 Å². The fraction of sp³-hybridized carbons (Fsp3) is 0.608. The van der Waals surface area contributed by atoms with Crippen molar-refractivity contribution in [1.82, 2.24) is 39.9 Å². The minimum Gasteiger partial charge on any atom is -0.464 e. The lowest BCUT2D eigenvalue weighted by molar-refractivity contribution is -0.153. The molecule has 3 aromatic rings. The number of alkyl halides is 1. The number of nitrogens with zero attached hydrogens (tertiary/aromatic N) is 7. The number of piperidine rings is 1. The number of likely N-dealkylation sites (N-methyl/N-ethyl adjacent to an activating group) is 2. The number of pyridine rings is 1. The Morgan fingerprint density at radius 3 is 2.56 bits per heavy atom. The number of methoxy groups -OCH3 is 1. The SMILES string of the molecule is CCn1c2c3c4cc(ccc41)N1CCOC(CB(NC(=O)[C@H](C(C)C)N(C)C(=O)C4(F)CCN(C(=O)/C=C/CN(C)C)CC4)C(=O)N4CCC[C@H](N4)C(=O)OCC(C)(C)C3C(OC)c3ncccc3-2)C1. The topological polar surface area (TPSA) is 171 Å². The lowest BCUT2D eigenvalue weighted by Gasteiger charge is -2.42. The van der Waals surface area contributed by atoms with Gasteiger partial charge in [0, 0.05) is 119 Å². The molecule has 378 valence electrons. The Morgan fingerprint density at radius 1 is 1.10 bits per heavy atom. The summed E-state index contributed by atoms with van der Waals surface area (Å²) >= 11 is 0. The van der Waals surface area contributed by atoms with E-state index in [1.165, 1.54) is 23.0 Å². The van der Waals surface area contributed by atoms with Gasteiger partial charge >= 0.3 is 12.8 Å². The molecule has 1 aliphatic carbocycles. The Kier molecular flexibility index (Phi) is 15.1. The molecule has 3 saturated heterocycles. The number of amides is 4. The van der Waals surface area contributed by atoms with Gasteiger partial charge in [-0.05, 0) is 82.0 Å². The van der Waals surface area contributed by atoms with Crippen LogP contribution in [0.25, 0.3) is 22.2 Å². The van der Waals surface area contributed by atoms with Gasteiger partial charge in [-0.3, -0.25) is 34.0 Å². The number of likely N-dealkylation sites (tertiary alicyclic amines) is 1. The van der Waals surface area contributed by atoms with E-state index in [0.717, 1.165) is 44.0 Å². The number of anilines is 1. The van der Waals surface area contributed by atoms with E-state index in [0.29, 0.717) is 45.6 Å². The quantitative estimate of drug-likeness (QED) is 0.159. The van der Waals surface area contributed by atoms with Crippen LogP contribution in [-0.2, 0) is 39.9 Å². The molecule has 5 atom stereocenters. The van der Waals surface area contributed by atoms with Gasteiger partial charge in [-0.15, -0.1) is 0 Å². The minimum atomic E-state index is -2.30. The summed E-state index contributed by atoms with van der Waals surface area (Å²) in [6.07, 6.45) is 4.61. The van der Waals surface area contributed by atoms with Gasteiger partial charge in [0.2, 0.25) is 17.6 Å². The minimum absolute atomic E-state index is 0.0481. The average Bonchev–Trinajstić information content (AvgIpc) is 3.67. The summed E-state index contributed by atoms with van der Waals surface area (Å²) in [5, 5.41) is 5.43. The lowest BCUT2D eigenvalue weighted by atomic mass is 9.56. The molecule has 19 heteroatoms. The van der Waals surface area contributed by atoms with Crippen molar-refractivity contribution in [3.05, 3.63) is 59.9 Å². The van der Waals surface area contributed by atoms with Crippen molar-refractivity contribution >= 4 is 52.9 Å². The smallest absolute Gasteiger partial charge is 0.365 e. The highest BCUT2D eigenvalue weighted by atomic mass is 19.1. The first kappa shape index (κ1) is 51.0. The molecule has 17 nitrogen and oxygen atoms in total. The number of ether oxygens (including phenoxy) is 3. The maximum Gasteiger partial charge on any atom is 0.365 e. The first-order valence-electron chi connectivity index (χ1n) is 25.0. The number of hydrazine groups is 1. The number of aromatic nitrogens is 2. The third kappa shape index (κ3) is 9.95. The number of cyclic esters (lactones) is 1. The number of carbonyl (C=O) groups is 5. The molecule has 1 aromatic carbocycles. The van der Waals surface area contributed by atoms with Crippen LogP contribution in [0.1, 0.15) is 83.6 Å². The standard InChI is InChI=1S/C51H71BFN9O8/c1-10-61-38-18-17-33-28-36(38)40-41(45(68-9)42-35(44(40)61)14-11-21-54-42)50(4,5)31-70-47(65)37-15-12-23-62(56-37)49(67)52(29-34-30-60(33)26-27-69-34)55-46(64)43(32(2)3)58(8)48(66)51(53)19-24-59(25-20-51)39(63)16-13-22-57(6)7/h11,13-14,16-18,21,28,32,34,37,41,43,45,56H,10,12,15,19-20,22-27,29-31H2,1-9H3,(H,55,64)/b16-13+/t34?,37-,41?,43-,45?/m0/s1. The molecule has 3 unspecified atom stereocenters. The predicted octanol–water partition coefficient (Wildman–Crippen LogP) is 5.01. The molecule has 5 aliphatic rings. The van der Waals surface area contributed by atoms with E-state index < -0.39 is 71.7 Å². The summed E-state index contributed by atoms with van der Waals surface area (Å²) < 4.78 is 38.0. The second kappa shape index (κ2) is 20.8. The largest absolute Gasteiger partial charge is 0.464 e. The molecule has 70 heavy (non-hydrogen) atoms. The van der Waals surface area contributed by atoms with E-state index in [2.05, 4.69) is 65.2 Å². The van der Waals surface area contributed by atoms with Crippen molar-refractivity contribution in [2.45, 2.75) is 109 Å². The monoisotopic (exact) mass is 968 g/mol. The van der Waals surface area contributed by atoms with Crippen LogP contribution in [0.15, 0.2) is 48.7 Å². The number of rotatable bonds is 10. The highest BCUT2D eigenvalue weighted by molar-refractivity contribution is 6.89. The second-order valence-electron chi connectivity index (χ2n) is 21.0. The molecule has 2 N–H and O–H groups in total. The van der Waals surface area contributed by atoms with Gasteiger partial charge in [-0.2, -0.15) is 0 Å². The Morgan fingerprint density at radius 2 is 1.86 bits per heavy atom. The molecule has 6 heterocycles. The van der Waals surface area contributed by atoms with Crippen LogP contribution < -0.4 is 15.6 Å². The molecule has 8 rings (SSSR count). The van der Waals surface area contributed by atoms with Crippen LogP contribution in [-0.4, -0.2) is 170 Å². The number of aryl methyl sites for hydroxylation is 1. The molecule has 0 spiro atoms. The normalized spacial score (nSPS) is 24.1. The first-order valence-corrected chi connectivity index (χ1v) is 25.0. The van der Waals surface area contributed by atoms with Crippen LogP contribution in [0, 0.1) is 11.3 Å². The number of hydrogen-bond acceptors (Lipinski definition) is 12. The molecule has 4 aliphatic heterocycles. The van der Waals surface area contributed by atoms with E-state index in [9.17, 15) is 24.0 Å². The summed E-state index contributed by atoms with van der Waals surface area (Å²) in [5.74, 6) is -3.43. The van der Waals surface area contributed by atoms with Gasteiger partial charge in [0.25, 0.3) is 5.91 Å². The zero-order valence-corrected chi connectivity index (χ0v) is 42.3. The van der Waals surface area contributed by atoms with E-state index in [-0.39, 0.29) is 57.2 Å². The molecule has 0 saturated carbocycles. The van der Waals surface area contributed by atoms with Gasteiger partial charge in [0.1, 0.15) is 18.2 Å². The number of morpholine rings is 1. The summed E-state index contributed by atoms with van der Waals surface area (Å²) in [5.41, 5.74) is 6.23. The van der Waals surface area contributed by atoms with Crippen LogP contribution in [0.4, 0.5) is 14.9 Å².